The third kappa shape index (κ3) is 27.1. The van der Waals surface area contributed by atoms with Gasteiger partial charge in [-0.05, 0) is 146 Å². The van der Waals surface area contributed by atoms with Crippen molar-refractivity contribution in [2.24, 2.45) is 0 Å². The van der Waals surface area contributed by atoms with Crippen molar-refractivity contribution in [3.8, 4) is 6.01 Å². The summed E-state index contributed by atoms with van der Waals surface area (Å²) >= 11 is 6.47. The molecule has 5 fully saturated rings. The van der Waals surface area contributed by atoms with Crippen LogP contribution in [0.4, 0.5) is 47.0 Å². The molecule has 2 aromatic heterocycles. The summed E-state index contributed by atoms with van der Waals surface area (Å²) in [5.41, 5.74) is 5.96. The Morgan fingerprint density at radius 3 is 1.36 bits per heavy atom. The largest absolute Gasteiger partial charge is 1.00 e. The van der Waals surface area contributed by atoms with Crippen molar-refractivity contribution in [2.45, 2.75) is 155 Å². The van der Waals surface area contributed by atoms with Gasteiger partial charge in [0.25, 0.3) is 0 Å². The molecule has 0 bridgehead atoms. The van der Waals surface area contributed by atoms with Crippen LogP contribution in [0.2, 0.25) is 5.28 Å². The van der Waals surface area contributed by atoms with Gasteiger partial charge in [0.2, 0.25) is 18.4 Å². The van der Waals surface area contributed by atoms with Crippen molar-refractivity contribution >= 4 is 86.7 Å². The Labute approximate surface area is 831 Å². The van der Waals surface area contributed by atoms with Crippen LogP contribution in [0.5, 0.6) is 6.01 Å². The first-order chi connectivity index (χ1) is 57.1. The van der Waals surface area contributed by atoms with Crippen LogP contribution in [-0.4, -0.2) is 228 Å². The predicted molar refractivity (Wildman–Crippen MR) is 449 cm³/mol. The number of nitrogens with zero attached hydrogens (tertiary/aromatic N) is 14. The number of benzene rings is 6. The van der Waals surface area contributed by atoms with Crippen molar-refractivity contribution in [1.82, 2.24) is 39.5 Å². The molecule has 7 aliphatic heterocycles. The van der Waals surface area contributed by atoms with E-state index >= 15 is 0 Å². The molecule has 15 rings (SSSR count). The fourth-order valence-corrected chi connectivity index (χ4v) is 15.9. The Balaban J connectivity index is 0.000000215. The summed E-state index contributed by atoms with van der Waals surface area (Å²) in [5, 5.41) is 31.0. The molecule has 4 amide bonds. The number of likely N-dealkylation sites (tertiary alicyclic amines) is 2. The van der Waals surface area contributed by atoms with Crippen LogP contribution in [0, 0.1) is 13.1 Å². The maximum Gasteiger partial charge on any atom is 1.00 e. The molecule has 32 heteroatoms. The summed E-state index contributed by atoms with van der Waals surface area (Å²) in [7, 11) is 0. The second-order valence-corrected chi connectivity index (χ2v) is 32.9. The molecule has 7 aliphatic rings. The van der Waals surface area contributed by atoms with Crippen LogP contribution in [0.1, 0.15) is 115 Å². The van der Waals surface area contributed by atoms with Crippen LogP contribution in [0.3, 0.4) is 0 Å². The number of hydrogen-bond donors (Lipinski definition) is 1. The van der Waals surface area contributed by atoms with Crippen molar-refractivity contribution < 1.29 is 210 Å². The van der Waals surface area contributed by atoms with Crippen LogP contribution >= 0.6 is 11.6 Å². The first kappa shape index (κ1) is 97.4. The van der Waals surface area contributed by atoms with Crippen molar-refractivity contribution in [1.29, 1.82) is 0 Å². The number of ether oxygens (including phenoxy) is 7. The van der Waals surface area contributed by atoms with Crippen molar-refractivity contribution in [3.63, 3.8) is 0 Å². The van der Waals surface area contributed by atoms with Gasteiger partial charge in [-0.25, -0.2) is 42.3 Å². The predicted octanol–water partition coefficient (Wildman–Crippen LogP) is 6.06. The number of hydrogen-bond acceptors (Lipinski definition) is 23. The van der Waals surface area contributed by atoms with Crippen LogP contribution in [0.15, 0.2) is 146 Å². The van der Waals surface area contributed by atoms with Gasteiger partial charge >= 0.3 is 168 Å². The van der Waals surface area contributed by atoms with E-state index in [-0.39, 0.29) is 213 Å². The molecule has 29 nitrogen and oxygen atoms in total. The van der Waals surface area contributed by atoms with Gasteiger partial charge in [-0.2, -0.15) is 9.97 Å². The first-order valence-electron chi connectivity index (χ1n) is 40.4. The Kier molecular flexibility index (Phi) is 37.0. The second kappa shape index (κ2) is 46.0. The number of aromatic nitrogens is 4. The summed E-state index contributed by atoms with van der Waals surface area (Å²) in [6.45, 7) is 41.1. The molecule has 0 aliphatic carbocycles. The number of carbonyl (C=O) groups excluding carboxylic acids is 5. The van der Waals surface area contributed by atoms with Gasteiger partial charge in [0, 0.05) is 98.7 Å². The summed E-state index contributed by atoms with van der Waals surface area (Å²) in [6, 6.07) is 48.3. The average Bonchev–Trinajstić information content (AvgIpc) is 0.935. The van der Waals surface area contributed by atoms with E-state index in [1.165, 1.54) is 27.2 Å². The Bertz CT molecular complexity index is 4860. The molecule has 121 heavy (non-hydrogen) atoms. The van der Waals surface area contributed by atoms with E-state index in [2.05, 4.69) is 124 Å². The van der Waals surface area contributed by atoms with Gasteiger partial charge in [0.05, 0.1) is 68.6 Å². The summed E-state index contributed by atoms with van der Waals surface area (Å²) in [4.78, 5) is 102. The monoisotopic (exact) mass is 1910 g/mol. The maximum atomic E-state index is 13.3. The molecule has 8 aromatic rings. The number of carboxylic acid groups (broad SMARTS) is 2. The number of anilines is 4. The molecule has 2 unspecified atom stereocenters. The number of piperazine rings is 2. The van der Waals surface area contributed by atoms with Gasteiger partial charge in [0.15, 0.2) is 0 Å². The Morgan fingerprint density at radius 1 is 0.521 bits per heavy atom. The molecule has 0 radical (unpaired) electrons. The van der Waals surface area contributed by atoms with Crippen LogP contribution < -0.4 is 172 Å². The number of amides is 4. The van der Waals surface area contributed by atoms with E-state index in [0.29, 0.717) is 71.9 Å². The minimum Gasteiger partial charge on any atom is -0.652 e. The molecule has 0 spiro atoms. The van der Waals surface area contributed by atoms with E-state index in [1.807, 2.05) is 116 Å². The van der Waals surface area contributed by atoms with Crippen LogP contribution in [0.25, 0.3) is 31.2 Å². The van der Waals surface area contributed by atoms with Gasteiger partial charge in [-0.15, -0.1) is 0 Å². The minimum absolute atomic E-state index is 0. The zero-order chi connectivity index (χ0) is 84.9. The third-order valence-corrected chi connectivity index (χ3v) is 21.8. The van der Waals surface area contributed by atoms with Gasteiger partial charge in [-0.1, -0.05) is 133 Å². The second-order valence-electron chi connectivity index (χ2n) is 32.6. The van der Waals surface area contributed by atoms with E-state index in [4.69, 9.17) is 82.9 Å². The third-order valence-electron chi connectivity index (χ3n) is 21.6. The zero-order valence-electron chi connectivity index (χ0n) is 71.1. The zero-order valence-corrected chi connectivity index (χ0v) is 84.4. The number of fused-ring (bicyclic) bond motifs is 4. The van der Waals surface area contributed by atoms with E-state index in [9.17, 15) is 24.3 Å². The van der Waals surface area contributed by atoms with Crippen molar-refractivity contribution in [3.05, 3.63) is 207 Å². The summed E-state index contributed by atoms with van der Waals surface area (Å²) < 4.78 is 38.7. The van der Waals surface area contributed by atoms with E-state index in [0.717, 1.165) is 123 Å². The normalized spacial score (nSPS) is 19.2. The standard InChI is InChI=1S/C42H49N7O5.C31H29ClN6O2.C11H21NO3.C4H8O2.CH2O3.2Cs/c1-41(2,3)54-40(51)49-21-12-20-42(49,4)29-53-38-44-35-27-46(36-18-11-16-31-15-9-10-17-33(31)36)22-19-34(35)37(45-38)47-23-24-48(32(26-47)25-43-5)39(50)52-28-30-13-7-6-8-14-30;1-33-18-24-19-37(16-17-38(24)31(39)40-21-22-8-3-2-4-9-22)29-26-14-15-36(20-27(26)34-30(32)35-29)28-13-7-11-23-10-5-6-12-25(23)28;1-10(2,3)15-9(14)12-7-5-6-11(12,4)8-13;1-2-6-4-3-5-1;2-1(3)4;;/h6-11,13-18,32H,12,19-29H2,1-4H3;2-13,24H,14-21H2;13H,5-8H2,1-4H3;1-4H2;(H2,2,3,4);;/q;;;;;2*+1/p-2/t32?,42-;;11-;;;;/m0.0..../s1. The molecule has 9 heterocycles. The number of aliphatic hydroxyl groups is 1. The topological polar surface area (TPSA) is 303 Å². The molecule has 6 aromatic carbocycles. The molecule has 0 saturated carbocycles. The van der Waals surface area contributed by atoms with Crippen molar-refractivity contribution in [2.75, 3.05) is 138 Å². The SMILES string of the molecule is C1COCCO1.CC(C)(C)OC(=O)N1CCC[C@@]1(C)CO.O=C([O-])[O-].[C-]#[N+]CC1CN(c2nc(Cl)nc3c2CCN(c2cccc4ccccc24)C3)CCN1C(=O)OCc1ccccc1.[C-]#[N+]CC1CN(c2nc(OC[C@]3(C)CCCN3C(=O)OC(C)(C)C)nc3c2CCN(c2cccc4ccccc24)C3)CCN1C(=O)OCc1ccccc1.[Cs+].[Cs+]. The number of halogens is 1. The summed E-state index contributed by atoms with van der Waals surface area (Å²) in [6.07, 6.45) is 1.03. The maximum absolute atomic E-state index is 13.3. The van der Waals surface area contributed by atoms with Crippen LogP contribution in [-0.2, 0) is 67.6 Å². The summed E-state index contributed by atoms with van der Waals surface area (Å²) in [5.74, 6) is 1.57. The Morgan fingerprint density at radius 2 is 0.926 bits per heavy atom. The average molecular weight is 1910 g/mol. The van der Waals surface area contributed by atoms with E-state index < -0.39 is 40.6 Å². The minimum atomic E-state index is -2.33. The molecule has 4 atom stereocenters. The number of aliphatic hydroxyl groups excluding tert-OH is 1. The molecule has 632 valence electrons. The molecule has 5 saturated heterocycles. The fraction of sp³-hybridized carbons (Fsp3) is 0.472. The number of carbonyl (C=O) groups is 5. The van der Waals surface area contributed by atoms with E-state index in [1.54, 1.807) is 19.6 Å². The Hall–Kier alpha value is -7.40. The molecular formula is C89H107ClCs2N14O15. The van der Waals surface area contributed by atoms with Gasteiger partial charge in [-0.3, -0.25) is 14.7 Å². The molecule has 1 N–H and O–H groups in total. The number of rotatable bonds is 14. The van der Waals surface area contributed by atoms with Gasteiger partial charge in [0.1, 0.15) is 54.7 Å². The smallest absolute Gasteiger partial charge is 0.652 e. The quantitative estimate of drug-likeness (QED) is 0.0734. The fourth-order valence-electron chi connectivity index (χ4n) is 15.7. The first-order valence-corrected chi connectivity index (χ1v) is 40.8. The van der Waals surface area contributed by atoms with Gasteiger partial charge < -0.3 is 87.5 Å². The molecular weight excluding hydrogens is 1810 g/mol.